The van der Waals surface area contributed by atoms with E-state index in [-0.39, 0.29) is 17.5 Å². The number of hydrogen-bond acceptors (Lipinski definition) is 3. The average molecular weight is 226 g/mol. The van der Waals surface area contributed by atoms with Crippen molar-refractivity contribution in [3.63, 3.8) is 0 Å². The van der Waals surface area contributed by atoms with Crippen molar-refractivity contribution in [1.82, 2.24) is 4.98 Å². The molecule has 0 aliphatic carbocycles. The van der Waals surface area contributed by atoms with Gasteiger partial charge in [-0.25, -0.2) is 4.39 Å². The zero-order valence-corrected chi connectivity index (χ0v) is 10.0. The molecule has 1 heterocycles. The van der Waals surface area contributed by atoms with Gasteiger partial charge >= 0.3 is 0 Å². The molecule has 0 amide bonds. The third-order valence-electron chi connectivity index (χ3n) is 2.75. The van der Waals surface area contributed by atoms with Crippen LogP contribution >= 0.6 is 0 Å². The molecular formula is C12H19FN2O. The Bertz CT molecular complexity index is 342. The minimum absolute atomic E-state index is 0.233. The number of rotatable bonds is 5. The molecule has 0 aliphatic heterocycles. The molecule has 4 heteroatoms. The van der Waals surface area contributed by atoms with E-state index in [1.807, 2.05) is 13.8 Å². The summed E-state index contributed by atoms with van der Waals surface area (Å²) >= 11 is 0. The molecule has 1 atom stereocenters. The van der Waals surface area contributed by atoms with E-state index in [1.165, 1.54) is 6.07 Å². The lowest BCUT2D eigenvalue weighted by atomic mass is 9.97. The Morgan fingerprint density at radius 2 is 2.25 bits per heavy atom. The SMILES string of the molecule is COC(C)(C)CCC(N)c1ncccc1F. The Morgan fingerprint density at radius 3 is 2.81 bits per heavy atom. The van der Waals surface area contributed by atoms with Crippen LogP contribution in [0.25, 0.3) is 0 Å². The maximum absolute atomic E-state index is 13.4. The molecule has 0 fully saturated rings. The van der Waals surface area contributed by atoms with E-state index in [9.17, 15) is 4.39 Å². The van der Waals surface area contributed by atoms with Crippen molar-refractivity contribution in [1.29, 1.82) is 0 Å². The second-order valence-electron chi connectivity index (χ2n) is 4.48. The Morgan fingerprint density at radius 1 is 1.56 bits per heavy atom. The second kappa shape index (κ2) is 5.37. The second-order valence-corrected chi connectivity index (χ2v) is 4.48. The fourth-order valence-electron chi connectivity index (χ4n) is 1.41. The van der Waals surface area contributed by atoms with Crippen molar-refractivity contribution < 1.29 is 9.13 Å². The molecular weight excluding hydrogens is 207 g/mol. The first-order valence-corrected chi connectivity index (χ1v) is 5.37. The molecule has 0 bridgehead atoms. The number of hydrogen-bond donors (Lipinski definition) is 1. The zero-order valence-electron chi connectivity index (χ0n) is 10.0. The first kappa shape index (κ1) is 13.1. The minimum atomic E-state index is -0.379. The lowest BCUT2D eigenvalue weighted by Gasteiger charge is -2.24. The molecule has 0 saturated heterocycles. The summed E-state index contributed by atoms with van der Waals surface area (Å²) in [7, 11) is 1.66. The molecule has 0 saturated carbocycles. The number of aromatic nitrogens is 1. The van der Waals surface area contributed by atoms with Gasteiger partial charge in [0.25, 0.3) is 0 Å². The average Bonchev–Trinajstić information content (AvgIpc) is 2.27. The smallest absolute Gasteiger partial charge is 0.146 e. The lowest BCUT2D eigenvalue weighted by Crippen LogP contribution is -2.25. The van der Waals surface area contributed by atoms with Crippen molar-refractivity contribution >= 4 is 0 Å². The Hall–Kier alpha value is -1.00. The van der Waals surface area contributed by atoms with Crippen LogP contribution in [0.15, 0.2) is 18.3 Å². The van der Waals surface area contributed by atoms with Gasteiger partial charge in [-0.2, -0.15) is 0 Å². The van der Waals surface area contributed by atoms with E-state index in [1.54, 1.807) is 19.4 Å². The highest BCUT2D eigenvalue weighted by Gasteiger charge is 2.20. The van der Waals surface area contributed by atoms with Gasteiger partial charge in [0.05, 0.1) is 17.3 Å². The van der Waals surface area contributed by atoms with Gasteiger partial charge in [0.15, 0.2) is 0 Å². The van der Waals surface area contributed by atoms with Crippen LogP contribution < -0.4 is 5.73 Å². The molecule has 1 aromatic rings. The van der Waals surface area contributed by atoms with Crippen LogP contribution in [0.1, 0.15) is 38.4 Å². The van der Waals surface area contributed by atoms with E-state index in [4.69, 9.17) is 10.5 Å². The van der Waals surface area contributed by atoms with Gasteiger partial charge in [-0.05, 0) is 38.8 Å². The number of ether oxygens (including phenoxy) is 1. The first-order valence-electron chi connectivity index (χ1n) is 5.37. The summed E-state index contributed by atoms with van der Waals surface area (Å²) in [6.45, 7) is 3.96. The fourth-order valence-corrected chi connectivity index (χ4v) is 1.41. The van der Waals surface area contributed by atoms with Gasteiger partial charge in [0, 0.05) is 13.3 Å². The maximum atomic E-state index is 13.4. The molecule has 0 radical (unpaired) electrons. The standard InChI is InChI=1S/C12H19FN2O/c1-12(2,16-3)7-6-10(14)11-9(13)5-4-8-15-11/h4-5,8,10H,6-7,14H2,1-3H3. The lowest BCUT2D eigenvalue weighted by molar-refractivity contribution is 0.0123. The molecule has 90 valence electrons. The quantitative estimate of drug-likeness (QED) is 0.838. The molecule has 0 aromatic carbocycles. The predicted octanol–water partition coefficient (Wildman–Crippen LogP) is 2.43. The number of pyridine rings is 1. The van der Waals surface area contributed by atoms with E-state index < -0.39 is 0 Å². The first-order chi connectivity index (χ1) is 7.46. The van der Waals surface area contributed by atoms with Gasteiger partial charge < -0.3 is 10.5 Å². The van der Waals surface area contributed by atoms with Crippen LogP contribution in [0.4, 0.5) is 4.39 Å². The highest BCUT2D eigenvalue weighted by Crippen LogP contribution is 2.22. The van der Waals surface area contributed by atoms with Crippen LogP contribution in [0, 0.1) is 5.82 Å². The van der Waals surface area contributed by atoms with Crippen molar-refractivity contribution in [2.75, 3.05) is 7.11 Å². The third-order valence-corrected chi connectivity index (χ3v) is 2.75. The Labute approximate surface area is 95.8 Å². The van der Waals surface area contributed by atoms with Crippen LogP contribution in [-0.2, 0) is 4.74 Å². The molecule has 0 spiro atoms. The summed E-state index contributed by atoms with van der Waals surface area (Å²) in [5, 5.41) is 0. The minimum Gasteiger partial charge on any atom is -0.379 e. The van der Waals surface area contributed by atoms with Gasteiger partial charge in [0.1, 0.15) is 5.82 Å². The summed E-state index contributed by atoms with van der Waals surface area (Å²) in [6.07, 6.45) is 2.97. The highest BCUT2D eigenvalue weighted by molar-refractivity contribution is 5.11. The van der Waals surface area contributed by atoms with Crippen molar-refractivity contribution in [2.45, 2.75) is 38.3 Å². The van der Waals surface area contributed by atoms with Crippen LogP contribution in [0.2, 0.25) is 0 Å². The van der Waals surface area contributed by atoms with Crippen LogP contribution in [0.5, 0.6) is 0 Å². The monoisotopic (exact) mass is 226 g/mol. The zero-order chi connectivity index (χ0) is 12.2. The summed E-state index contributed by atoms with van der Waals surface area (Å²) in [4.78, 5) is 3.96. The van der Waals surface area contributed by atoms with Gasteiger partial charge in [-0.3, -0.25) is 4.98 Å². The molecule has 1 aromatic heterocycles. The topological polar surface area (TPSA) is 48.1 Å². The Kier molecular flexibility index (Phi) is 4.38. The number of methoxy groups -OCH3 is 1. The Balaban J connectivity index is 2.60. The number of nitrogens with two attached hydrogens (primary N) is 1. The number of halogens is 1. The molecule has 2 N–H and O–H groups in total. The highest BCUT2D eigenvalue weighted by atomic mass is 19.1. The summed E-state index contributed by atoms with van der Waals surface area (Å²) in [6, 6.07) is 2.56. The van der Waals surface area contributed by atoms with Gasteiger partial charge in [0.2, 0.25) is 0 Å². The van der Waals surface area contributed by atoms with Crippen LogP contribution in [0.3, 0.4) is 0 Å². The molecule has 0 aliphatic rings. The molecule has 1 unspecified atom stereocenters. The van der Waals surface area contributed by atoms with Gasteiger partial charge in [-0.15, -0.1) is 0 Å². The van der Waals surface area contributed by atoms with Crippen LogP contribution in [-0.4, -0.2) is 17.7 Å². The molecule has 1 rings (SSSR count). The van der Waals surface area contributed by atoms with E-state index in [2.05, 4.69) is 4.98 Å². The third kappa shape index (κ3) is 3.54. The number of nitrogens with zero attached hydrogens (tertiary/aromatic N) is 1. The fraction of sp³-hybridized carbons (Fsp3) is 0.583. The van der Waals surface area contributed by atoms with E-state index in [0.29, 0.717) is 12.1 Å². The normalized spacial score (nSPS) is 13.8. The summed E-state index contributed by atoms with van der Waals surface area (Å²) in [5.74, 6) is -0.342. The molecule has 3 nitrogen and oxygen atoms in total. The summed E-state index contributed by atoms with van der Waals surface area (Å²) in [5.41, 5.74) is 5.99. The van der Waals surface area contributed by atoms with Crippen molar-refractivity contribution in [3.8, 4) is 0 Å². The van der Waals surface area contributed by atoms with Crippen molar-refractivity contribution in [3.05, 3.63) is 29.8 Å². The van der Waals surface area contributed by atoms with E-state index >= 15 is 0 Å². The van der Waals surface area contributed by atoms with Crippen molar-refractivity contribution in [2.24, 2.45) is 5.73 Å². The van der Waals surface area contributed by atoms with E-state index in [0.717, 1.165) is 6.42 Å². The van der Waals surface area contributed by atoms with Gasteiger partial charge in [-0.1, -0.05) is 0 Å². The largest absolute Gasteiger partial charge is 0.379 e. The molecule has 16 heavy (non-hydrogen) atoms. The maximum Gasteiger partial charge on any atom is 0.146 e. The summed E-state index contributed by atoms with van der Waals surface area (Å²) < 4.78 is 18.7. The predicted molar refractivity (Wildman–Crippen MR) is 61.4 cm³/mol.